The van der Waals surface area contributed by atoms with Crippen LogP contribution in [-0.4, -0.2) is 59.0 Å². The quantitative estimate of drug-likeness (QED) is 0.837. The van der Waals surface area contributed by atoms with E-state index in [2.05, 4.69) is 10.1 Å². The minimum Gasteiger partial charge on any atom is -0.363 e. The number of nitrogens with zero attached hydrogens (tertiary/aromatic N) is 3. The maximum absolute atomic E-state index is 12.6. The molecular weight excluding hydrogens is 310 g/mol. The van der Waals surface area contributed by atoms with Crippen LogP contribution in [0.5, 0.6) is 0 Å². The molecule has 7 nitrogen and oxygen atoms in total. The first-order valence-electron chi connectivity index (χ1n) is 8.97. The number of hydrogen-bond donors (Lipinski definition) is 0. The first-order chi connectivity index (χ1) is 11.7. The van der Waals surface area contributed by atoms with Gasteiger partial charge in [0.2, 0.25) is 0 Å². The Balaban J connectivity index is 1.34. The van der Waals surface area contributed by atoms with Crippen LogP contribution >= 0.6 is 0 Å². The van der Waals surface area contributed by atoms with E-state index in [1.807, 2.05) is 13.0 Å². The Bertz CT molecular complexity index is 584. The van der Waals surface area contributed by atoms with Gasteiger partial charge in [0, 0.05) is 31.7 Å². The van der Waals surface area contributed by atoms with Crippen molar-refractivity contribution in [3.8, 4) is 0 Å². The number of likely N-dealkylation sites (tertiary alicyclic amines) is 1. The number of aromatic nitrogens is 1. The molecule has 0 saturated carbocycles. The lowest BCUT2D eigenvalue weighted by molar-refractivity contribution is -0.213. The lowest BCUT2D eigenvalue weighted by atomic mass is 9.98. The molecule has 0 unspecified atom stereocenters. The molecule has 0 radical (unpaired) electrons. The molecule has 3 aliphatic heterocycles. The summed E-state index contributed by atoms with van der Waals surface area (Å²) in [4.78, 5) is 20.4. The first kappa shape index (κ1) is 16.1. The highest BCUT2D eigenvalue weighted by Crippen LogP contribution is 2.33. The lowest BCUT2D eigenvalue weighted by Gasteiger charge is -2.37. The molecule has 0 aliphatic carbocycles. The van der Waals surface area contributed by atoms with E-state index >= 15 is 0 Å². The highest BCUT2D eigenvalue weighted by Gasteiger charge is 2.43. The number of hydroxylamine groups is 2. The van der Waals surface area contributed by atoms with E-state index in [1.54, 1.807) is 0 Å². The molecule has 7 heteroatoms. The van der Waals surface area contributed by atoms with Crippen molar-refractivity contribution in [2.75, 3.05) is 19.7 Å². The monoisotopic (exact) mass is 335 g/mol. The summed E-state index contributed by atoms with van der Waals surface area (Å²) in [5.41, 5.74) is 0.966. The molecule has 4 heterocycles. The molecular formula is C17H25N3O4. The van der Waals surface area contributed by atoms with Crippen molar-refractivity contribution >= 4 is 5.91 Å². The Labute approximate surface area is 141 Å². The molecule has 0 N–H and O–H groups in total. The zero-order valence-corrected chi connectivity index (χ0v) is 14.1. The van der Waals surface area contributed by atoms with Crippen molar-refractivity contribution in [2.24, 2.45) is 0 Å². The smallest absolute Gasteiger partial charge is 0.275 e. The van der Waals surface area contributed by atoms with E-state index in [1.165, 1.54) is 5.06 Å². The maximum Gasteiger partial charge on any atom is 0.275 e. The van der Waals surface area contributed by atoms with Crippen LogP contribution in [0.1, 0.15) is 43.6 Å². The van der Waals surface area contributed by atoms with E-state index in [4.69, 9.17) is 14.1 Å². The first-order valence-corrected chi connectivity index (χ1v) is 8.97. The standard InChI is InChI=1S/C17H25N3O4/c1-12-10-13(18-24-12)11-19-8-6-15-14(19)4-5-16(23-15)17(21)20-7-2-3-9-22-20/h10,14-16H,2-9,11H2,1H3/t14-,15-,16-/m1/s1. The summed E-state index contributed by atoms with van der Waals surface area (Å²) >= 11 is 0. The highest BCUT2D eigenvalue weighted by atomic mass is 16.7. The van der Waals surface area contributed by atoms with Crippen molar-refractivity contribution in [3.05, 3.63) is 17.5 Å². The van der Waals surface area contributed by atoms with Gasteiger partial charge in [-0.05, 0) is 39.0 Å². The van der Waals surface area contributed by atoms with Crippen LogP contribution in [0.2, 0.25) is 0 Å². The highest BCUT2D eigenvalue weighted by molar-refractivity contribution is 5.80. The van der Waals surface area contributed by atoms with Gasteiger partial charge in [0.15, 0.2) is 0 Å². The largest absolute Gasteiger partial charge is 0.363 e. The van der Waals surface area contributed by atoms with Gasteiger partial charge >= 0.3 is 0 Å². The zero-order chi connectivity index (χ0) is 16.5. The van der Waals surface area contributed by atoms with Crippen molar-refractivity contribution < 1.29 is 18.9 Å². The van der Waals surface area contributed by atoms with E-state index in [0.29, 0.717) is 19.2 Å². The summed E-state index contributed by atoms with van der Waals surface area (Å²) in [5, 5.41) is 5.60. The van der Waals surface area contributed by atoms with Crippen molar-refractivity contribution in [1.29, 1.82) is 0 Å². The zero-order valence-electron chi connectivity index (χ0n) is 14.1. The normalized spacial score (nSPS) is 31.2. The Morgan fingerprint density at radius 1 is 1.29 bits per heavy atom. The maximum atomic E-state index is 12.6. The third kappa shape index (κ3) is 3.20. The van der Waals surface area contributed by atoms with Gasteiger partial charge in [-0.2, -0.15) is 0 Å². The molecule has 1 amide bonds. The second-order valence-electron chi connectivity index (χ2n) is 6.98. The van der Waals surface area contributed by atoms with E-state index in [-0.39, 0.29) is 18.1 Å². The van der Waals surface area contributed by atoms with Crippen molar-refractivity contribution in [3.63, 3.8) is 0 Å². The molecule has 24 heavy (non-hydrogen) atoms. The number of aryl methyl sites for hydroxylation is 1. The Hall–Kier alpha value is -1.44. The molecule has 132 valence electrons. The lowest BCUT2D eigenvalue weighted by Crippen LogP contribution is -2.49. The number of hydrogen-bond acceptors (Lipinski definition) is 6. The van der Waals surface area contributed by atoms with Gasteiger partial charge < -0.3 is 9.26 Å². The number of rotatable bonds is 3. The Morgan fingerprint density at radius 3 is 2.96 bits per heavy atom. The van der Waals surface area contributed by atoms with E-state index < -0.39 is 0 Å². The molecule has 3 fully saturated rings. The molecule has 1 aromatic rings. The fourth-order valence-corrected chi connectivity index (χ4v) is 4.02. The van der Waals surface area contributed by atoms with Crippen LogP contribution in [-0.2, 0) is 20.9 Å². The van der Waals surface area contributed by atoms with Gasteiger partial charge in [-0.3, -0.25) is 14.5 Å². The minimum atomic E-state index is -0.349. The molecule has 1 aromatic heterocycles. The summed E-state index contributed by atoms with van der Waals surface area (Å²) in [6.45, 7) is 4.99. The summed E-state index contributed by atoms with van der Waals surface area (Å²) in [5.74, 6) is 0.839. The third-order valence-electron chi connectivity index (χ3n) is 5.23. The molecule has 3 aliphatic rings. The summed E-state index contributed by atoms with van der Waals surface area (Å²) in [6, 6.07) is 2.35. The fourth-order valence-electron chi connectivity index (χ4n) is 4.02. The van der Waals surface area contributed by atoms with Crippen molar-refractivity contribution in [2.45, 2.75) is 63.8 Å². The van der Waals surface area contributed by atoms with Crippen molar-refractivity contribution in [1.82, 2.24) is 15.1 Å². The summed E-state index contributed by atoms with van der Waals surface area (Å²) in [6.07, 6.45) is 4.52. The van der Waals surface area contributed by atoms with Gasteiger partial charge in [-0.1, -0.05) is 5.16 Å². The second-order valence-corrected chi connectivity index (χ2v) is 6.98. The number of carbonyl (C=O) groups excluding carboxylic acids is 1. The van der Waals surface area contributed by atoms with Crippen LogP contribution in [0.3, 0.4) is 0 Å². The van der Waals surface area contributed by atoms with Crippen LogP contribution < -0.4 is 0 Å². The fraction of sp³-hybridized carbons (Fsp3) is 0.765. The van der Waals surface area contributed by atoms with Gasteiger partial charge in [-0.25, -0.2) is 5.06 Å². The molecule has 0 spiro atoms. The van der Waals surface area contributed by atoms with Gasteiger partial charge in [0.25, 0.3) is 5.91 Å². The second kappa shape index (κ2) is 6.82. The van der Waals surface area contributed by atoms with E-state index in [9.17, 15) is 4.79 Å². The molecule has 4 rings (SSSR count). The van der Waals surface area contributed by atoms with Gasteiger partial charge in [-0.15, -0.1) is 0 Å². The Kier molecular flexibility index (Phi) is 4.56. The molecule has 3 atom stereocenters. The number of amides is 1. The number of carbonyl (C=O) groups is 1. The topological polar surface area (TPSA) is 68.0 Å². The average molecular weight is 335 g/mol. The van der Waals surface area contributed by atoms with Crippen LogP contribution in [0.4, 0.5) is 0 Å². The third-order valence-corrected chi connectivity index (χ3v) is 5.23. The van der Waals surface area contributed by atoms with Crippen LogP contribution in [0.25, 0.3) is 0 Å². The molecule has 0 bridgehead atoms. The average Bonchev–Trinajstić information content (AvgIpc) is 3.21. The van der Waals surface area contributed by atoms with Crippen LogP contribution in [0, 0.1) is 6.92 Å². The number of fused-ring (bicyclic) bond motifs is 1. The van der Waals surface area contributed by atoms with E-state index in [0.717, 1.165) is 56.6 Å². The van der Waals surface area contributed by atoms with Gasteiger partial charge in [0.1, 0.15) is 11.9 Å². The van der Waals surface area contributed by atoms with Gasteiger partial charge in [0.05, 0.1) is 18.4 Å². The van der Waals surface area contributed by atoms with Crippen LogP contribution in [0.15, 0.2) is 10.6 Å². The SMILES string of the molecule is Cc1cc(CN2CC[C@H]3O[C@@H](C(=O)N4CCCCO4)CC[C@H]32)no1. The summed E-state index contributed by atoms with van der Waals surface area (Å²) < 4.78 is 11.3. The molecule has 0 aromatic carbocycles. The Morgan fingerprint density at radius 2 is 2.21 bits per heavy atom. The minimum absolute atomic E-state index is 0.00118. The summed E-state index contributed by atoms with van der Waals surface area (Å²) in [7, 11) is 0. The predicted octanol–water partition coefficient (Wildman–Crippen LogP) is 1.66. The molecule has 3 saturated heterocycles. The predicted molar refractivity (Wildman–Crippen MR) is 84.8 cm³/mol. The number of ether oxygens (including phenoxy) is 1.